The van der Waals surface area contributed by atoms with Crippen LogP contribution in [0.4, 0.5) is 11.8 Å². The summed E-state index contributed by atoms with van der Waals surface area (Å²) < 4.78 is 6.54. The predicted octanol–water partition coefficient (Wildman–Crippen LogP) is 2.29. The van der Waals surface area contributed by atoms with Crippen molar-refractivity contribution >= 4 is 39.2 Å². The topological polar surface area (TPSA) is 119 Å². The first-order chi connectivity index (χ1) is 14.6. The molecule has 0 atom stereocenters. The second-order valence-corrected chi connectivity index (χ2v) is 8.26. The molecular formula is C20H25N7O2S. The highest BCUT2D eigenvalue weighted by atomic mass is 32.1. The number of nitrogens with zero attached hydrogens (tertiary/aromatic N) is 5. The zero-order valence-electron chi connectivity index (χ0n) is 17.1. The fourth-order valence-electron chi connectivity index (χ4n) is 3.35. The van der Waals surface area contributed by atoms with Crippen LogP contribution >= 0.6 is 11.3 Å². The van der Waals surface area contributed by atoms with Crippen molar-refractivity contribution in [1.29, 1.82) is 0 Å². The molecular weight excluding hydrogens is 402 g/mol. The van der Waals surface area contributed by atoms with Crippen molar-refractivity contribution in [3.05, 3.63) is 22.8 Å². The van der Waals surface area contributed by atoms with Crippen LogP contribution in [0.15, 0.2) is 12.4 Å². The molecule has 1 aliphatic rings. The average Bonchev–Trinajstić information content (AvgIpc) is 3.09. The highest BCUT2D eigenvalue weighted by Crippen LogP contribution is 2.37. The number of ether oxygens (including phenoxy) is 1. The van der Waals surface area contributed by atoms with Crippen LogP contribution in [-0.2, 0) is 16.1 Å². The average molecular weight is 428 g/mol. The van der Waals surface area contributed by atoms with E-state index in [9.17, 15) is 4.79 Å². The number of carbonyl (C=O) groups is 1. The van der Waals surface area contributed by atoms with Gasteiger partial charge in [-0.15, -0.1) is 11.3 Å². The molecule has 0 bridgehead atoms. The summed E-state index contributed by atoms with van der Waals surface area (Å²) in [7, 11) is 0. The molecule has 0 aromatic carbocycles. The summed E-state index contributed by atoms with van der Waals surface area (Å²) in [6, 6.07) is 0. The van der Waals surface area contributed by atoms with E-state index in [-0.39, 0.29) is 11.9 Å². The quantitative estimate of drug-likeness (QED) is 0.615. The van der Waals surface area contributed by atoms with E-state index in [4.69, 9.17) is 20.4 Å². The van der Waals surface area contributed by atoms with Crippen molar-refractivity contribution in [1.82, 2.24) is 25.3 Å². The third kappa shape index (κ3) is 4.19. The molecule has 0 aliphatic carbocycles. The van der Waals surface area contributed by atoms with Crippen LogP contribution in [0.5, 0.6) is 0 Å². The Morgan fingerprint density at radius 3 is 2.70 bits per heavy atom. The number of nitrogens with one attached hydrogen (secondary N) is 1. The molecule has 30 heavy (non-hydrogen) atoms. The normalized spacial score (nSPS) is 14.3. The summed E-state index contributed by atoms with van der Waals surface area (Å²) in [5, 5.41) is 3.01. The molecule has 4 heterocycles. The Morgan fingerprint density at radius 1 is 1.27 bits per heavy atom. The minimum atomic E-state index is 0.0635. The number of amides is 1. The zero-order chi connectivity index (χ0) is 21.1. The number of morpholine rings is 1. The summed E-state index contributed by atoms with van der Waals surface area (Å²) in [5.74, 6) is 1.72. The van der Waals surface area contributed by atoms with Crippen LogP contribution in [0.2, 0.25) is 0 Å². The molecule has 0 saturated carbocycles. The number of nitrogen functional groups attached to an aromatic ring is 1. The van der Waals surface area contributed by atoms with E-state index in [0.717, 1.165) is 46.0 Å². The second-order valence-electron chi connectivity index (χ2n) is 7.15. The molecule has 4 rings (SSSR count). The Hall–Kier alpha value is -2.85. The molecule has 3 aromatic heterocycles. The van der Waals surface area contributed by atoms with E-state index in [1.54, 1.807) is 23.7 Å². The number of carbonyl (C=O) groups excluding carboxylic acids is 1. The van der Waals surface area contributed by atoms with E-state index in [0.29, 0.717) is 37.6 Å². The first-order valence-electron chi connectivity index (χ1n) is 10.0. The molecule has 1 fully saturated rings. The van der Waals surface area contributed by atoms with Crippen LogP contribution in [0.1, 0.15) is 30.2 Å². The molecule has 1 amide bonds. The lowest BCUT2D eigenvalue weighted by Gasteiger charge is -2.28. The van der Waals surface area contributed by atoms with E-state index in [1.165, 1.54) is 0 Å². The van der Waals surface area contributed by atoms with Crippen LogP contribution < -0.4 is 16.0 Å². The van der Waals surface area contributed by atoms with Crippen molar-refractivity contribution in [2.75, 3.05) is 36.9 Å². The molecule has 0 unspecified atom stereocenters. The lowest BCUT2D eigenvalue weighted by Crippen LogP contribution is -2.36. The summed E-state index contributed by atoms with van der Waals surface area (Å²) in [6.45, 7) is 7.39. The van der Waals surface area contributed by atoms with Gasteiger partial charge in [0.05, 0.1) is 35.5 Å². The highest BCUT2D eigenvalue weighted by Gasteiger charge is 2.22. The van der Waals surface area contributed by atoms with Gasteiger partial charge < -0.3 is 20.7 Å². The molecule has 9 nitrogen and oxygen atoms in total. The van der Waals surface area contributed by atoms with E-state index in [1.807, 2.05) is 13.8 Å². The Balaban J connectivity index is 1.77. The maximum atomic E-state index is 11.9. The van der Waals surface area contributed by atoms with E-state index < -0.39 is 0 Å². The summed E-state index contributed by atoms with van der Waals surface area (Å²) in [6.07, 6.45) is 4.64. The van der Waals surface area contributed by atoms with Crippen molar-refractivity contribution in [3.8, 4) is 11.4 Å². The Kier molecular flexibility index (Phi) is 6.05. The SMILES string of the molecule is CCCC(=O)NCc1sc2c(N3CCOCC3)nc(-c3cnc(N)nc3)nc2c1C. The highest BCUT2D eigenvalue weighted by molar-refractivity contribution is 7.19. The van der Waals surface area contributed by atoms with Gasteiger partial charge in [0, 0.05) is 36.8 Å². The monoisotopic (exact) mass is 427 g/mol. The van der Waals surface area contributed by atoms with Gasteiger partial charge in [0.1, 0.15) is 0 Å². The predicted molar refractivity (Wildman–Crippen MR) is 117 cm³/mol. The Morgan fingerprint density at radius 2 is 2.00 bits per heavy atom. The first-order valence-corrected chi connectivity index (χ1v) is 10.9. The minimum Gasteiger partial charge on any atom is -0.378 e. The number of aryl methyl sites for hydroxylation is 1. The van der Waals surface area contributed by atoms with Crippen LogP contribution in [0.3, 0.4) is 0 Å². The van der Waals surface area contributed by atoms with E-state index in [2.05, 4.69) is 20.2 Å². The van der Waals surface area contributed by atoms with Crippen LogP contribution in [-0.4, -0.2) is 52.1 Å². The molecule has 0 spiro atoms. The van der Waals surface area contributed by atoms with Crippen molar-refractivity contribution in [2.45, 2.75) is 33.2 Å². The van der Waals surface area contributed by atoms with Crippen LogP contribution in [0.25, 0.3) is 21.6 Å². The summed E-state index contributed by atoms with van der Waals surface area (Å²) in [5.41, 5.74) is 8.29. The number of nitrogens with two attached hydrogens (primary N) is 1. The molecule has 3 aromatic rings. The summed E-state index contributed by atoms with van der Waals surface area (Å²) >= 11 is 1.64. The fourth-order valence-corrected chi connectivity index (χ4v) is 4.56. The fraction of sp³-hybridized carbons (Fsp3) is 0.450. The zero-order valence-corrected chi connectivity index (χ0v) is 18.0. The van der Waals surface area contributed by atoms with Gasteiger partial charge in [-0.1, -0.05) is 6.92 Å². The number of rotatable bonds is 6. The molecule has 1 aliphatic heterocycles. The van der Waals surface area contributed by atoms with Gasteiger partial charge in [-0.25, -0.2) is 19.9 Å². The number of aromatic nitrogens is 4. The van der Waals surface area contributed by atoms with Gasteiger partial charge in [0.15, 0.2) is 11.6 Å². The lowest BCUT2D eigenvalue weighted by molar-refractivity contribution is -0.121. The molecule has 10 heteroatoms. The molecule has 0 radical (unpaired) electrons. The number of fused-ring (bicyclic) bond motifs is 1. The maximum Gasteiger partial charge on any atom is 0.220 e. The van der Waals surface area contributed by atoms with Gasteiger partial charge in [-0.2, -0.15) is 0 Å². The third-order valence-corrected chi connectivity index (χ3v) is 6.29. The van der Waals surface area contributed by atoms with Gasteiger partial charge in [-0.05, 0) is 18.9 Å². The Bertz CT molecular complexity index is 1050. The smallest absolute Gasteiger partial charge is 0.220 e. The second kappa shape index (κ2) is 8.88. The molecule has 3 N–H and O–H groups in total. The summed E-state index contributed by atoms with van der Waals surface area (Å²) in [4.78, 5) is 33.1. The van der Waals surface area contributed by atoms with Crippen molar-refractivity contribution in [3.63, 3.8) is 0 Å². The van der Waals surface area contributed by atoms with Gasteiger partial charge >= 0.3 is 0 Å². The molecule has 158 valence electrons. The van der Waals surface area contributed by atoms with E-state index >= 15 is 0 Å². The standard InChI is InChI=1S/C20H25N7O2S/c1-3-4-15(28)22-11-14-12(2)16-17(30-14)19(27-5-7-29-8-6-27)26-18(25-16)13-9-23-20(21)24-10-13/h9-10H,3-8,11H2,1-2H3,(H,22,28)(H2,21,23,24). The maximum absolute atomic E-state index is 11.9. The third-order valence-electron chi connectivity index (χ3n) is 5.01. The van der Waals surface area contributed by atoms with Gasteiger partial charge in [-0.3, -0.25) is 4.79 Å². The first kappa shape index (κ1) is 20.4. The largest absolute Gasteiger partial charge is 0.378 e. The number of hydrogen-bond acceptors (Lipinski definition) is 9. The van der Waals surface area contributed by atoms with Gasteiger partial charge in [0.2, 0.25) is 11.9 Å². The van der Waals surface area contributed by atoms with Crippen molar-refractivity contribution in [2.24, 2.45) is 0 Å². The number of hydrogen-bond donors (Lipinski definition) is 2. The number of anilines is 2. The Labute approximate surface area is 178 Å². The number of thiophene rings is 1. The molecule has 1 saturated heterocycles. The van der Waals surface area contributed by atoms with Gasteiger partial charge in [0.25, 0.3) is 0 Å². The minimum absolute atomic E-state index is 0.0635. The van der Waals surface area contributed by atoms with Crippen LogP contribution in [0, 0.1) is 6.92 Å². The van der Waals surface area contributed by atoms with Crippen molar-refractivity contribution < 1.29 is 9.53 Å². The lowest BCUT2D eigenvalue weighted by atomic mass is 10.2.